The lowest BCUT2D eigenvalue weighted by atomic mass is 10.2. The van der Waals surface area contributed by atoms with Crippen molar-refractivity contribution in [3.05, 3.63) is 90.0 Å². The van der Waals surface area contributed by atoms with Crippen molar-refractivity contribution in [1.82, 2.24) is 0 Å². The maximum absolute atomic E-state index is 13.0. The number of sulfone groups is 1. The summed E-state index contributed by atoms with van der Waals surface area (Å²) in [6, 6.07) is 22.7. The molecule has 3 aromatic carbocycles. The number of hydrogen-bond donors (Lipinski definition) is 1. The molecule has 6 nitrogen and oxygen atoms in total. The fraction of sp³-hybridized carbons (Fsp3) is 0.0952. The minimum absolute atomic E-state index is 0.0994. The van der Waals surface area contributed by atoms with E-state index in [0.717, 1.165) is 11.1 Å². The Morgan fingerprint density at radius 1 is 0.786 bits per heavy atom. The molecule has 0 aliphatic heterocycles. The van der Waals surface area contributed by atoms with Crippen molar-refractivity contribution in [2.45, 2.75) is 18.7 Å². The Hall–Kier alpha value is -3.32. The highest BCUT2D eigenvalue weighted by atomic mass is 32.2. The van der Waals surface area contributed by atoms with Crippen molar-refractivity contribution in [2.24, 2.45) is 15.3 Å². The Bertz CT molecular complexity index is 1090. The molecular weight excluding hydrogens is 372 g/mol. The van der Waals surface area contributed by atoms with Crippen LogP contribution >= 0.6 is 0 Å². The van der Waals surface area contributed by atoms with E-state index in [1.165, 1.54) is 12.1 Å². The number of anilines is 1. The summed E-state index contributed by atoms with van der Waals surface area (Å²) in [6.07, 6.45) is 0. The summed E-state index contributed by atoms with van der Waals surface area (Å²) in [5, 5.41) is 11.6. The van der Waals surface area contributed by atoms with Crippen molar-refractivity contribution < 1.29 is 8.42 Å². The van der Waals surface area contributed by atoms with Gasteiger partial charge < -0.3 is 0 Å². The number of azo groups is 1. The molecule has 7 heteroatoms. The van der Waals surface area contributed by atoms with E-state index in [-0.39, 0.29) is 4.90 Å². The topological polar surface area (TPSA) is 83.2 Å². The molecule has 1 N–H and O–H groups in total. The van der Waals surface area contributed by atoms with Crippen LogP contribution in [0.3, 0.4) is 0 Å². The van der Waals surface area contributed by atoms with Crippen LogP contribution in [0.4, 0.5) is 11.4 Å². The molecule has 0 aliphatic rings. The maximum Gasteiger partial charge on any atom is 0.289 e. The van der Waals surface area contributed by atoms with E-state index < -0.39 is 15.0 Å². The van der Waals surface area contributed by atoms with E-state index in [1.807, 2.05) is 50.2 Å². The standard InChI is InChI=1S/C21H20N4O2S/c1-16-8-12-18(13-9-16)22-24-21(25-23-19-14-10-17(2)11-15-19)28(26,27)20-6-4-3-5-7-20/h3-15,22H,1-2H3/b24-21-,25-23?. The van der Waals surface area contributed by atoms with Crippen LogP contribution in [0.5, 0.6) is 0 Å². The molecule has 3 aromatic rings. The molecule has 0 saturated carbocycles. The second-order valence-corrected chi connectivity index (χ2v) is 8.07. The average Bonchev–Trinajstić information content (AvgIpc) is 2.71. The number of benzene rings is 3. The van der Waals surface area contributed by atoms with Crippen LogP contribution in [-0.2, 0) is 9.84 Å². The van der Waals surface area contributed by atoms with Gasteiger partial charge in [-0.25, -0.2) is 8.42 Å². The minimum Gasteiger partial charge on any atom is -0.276 e. The molecule has 0 radical (unpaired) electrons. The summed E-state index contributed by atoms with van der Waals surface area (Å²) in [5.41, 5.74) is 6.10. The second kappa shape index (κ2) is 8.58. The Morgan fingerprint density at radius 3 is 1.96 bits per heavy atom. The predicted molar refractivity (Wildman–Crippen MR) is 112 cm³/mol. The van der Waals surface area contributed by atoms with E-state index in [2.05, 4.69) is 20.8 Å². The molecule has 3 rings (SSSR count). The van der Waals surface area contributed by atoms with Crippen LogP contribution < -0.4 is 5.43 Å². The number of aryl methyl sites for hydroxylation is 2. The van der Waals surface area contributed by atoms with Crippen LogP contribution in [-0.4, -0.2) is 13.6 Å². The van der Waals surface area contributed by atoms with Gasteiger partial charge in [-0.3, -0.25) is 5.43 Å². The molecule has 0 saturated heterocycles. The van der Waals surface area contributed by atoms with Crippen molar-refractivity contribution in [1.29, 1.82) is 0 Å². The summed E-state index contributed by atoms with van der Waals surface area (Å²) in [4.78, 5) is 0.0994. The predicted octanol–water partition coefficient (Wildman–Crippen LogP) is 5.24. The van der Waals surface area contributed by atoms with Crippen LogP contribution in [0.25, 0.3) is 0 Å². The van der Waals surface area contributed by atoms with Crippen LogP contribution in [0, 0.1) is 13.8 Å². The van der Waals surface area contributed by atoms with Gasteiger partial charge in [0.1, 0.15) is 0 Å². The van der Waals surface area contributed by atoms with Crippen LogP contribution in [0.2, 0.25) is 0 Å². The molecule has 0 atom stereocenters. The minimum atomic E-state index is -3.93. The van der Waals surface area contributed by atoms with Gasteiger partial charge in [0.25, 0.3) is 5.17 Å². The molecule has 0 spiro atoms. The second-order valence-electron chi connectivity index (χ2n) is 6.22. The first kappa shape index (κ1) is 19.4. The highest BCUT2D eigenvalue weighted by molar-refractivity contribution is 8.06. The molecule has 142 valence electrons. The zero-order chi connectivity index (χ0) is 20.0. The van der Waals surface area contributed by atoms with E-state index in [9.17, 15) is 8.42 Å². The van der Waals surface area contributed by atoms with E-state index >= 15 is 0 Å². The van der Waals surface area contributed by atoms with Crippen molar-refractivity contribution in [3.8, 4) is 0 Å². The molecule has 0 amide bonds. The normalized spacial score (nSPS) is 12.3. The van der Waals surface area contributed by atoms with Gasteiger partial charge >= 0.3 is 0 Å². The van der Waals surface area contributed by atoms with Gasteiger partial charge in [0.2, 0.25) is 9.84 Å². The number of nitrogens with one attached hydrogen (secondary N) is 1. The van der Waals surface area contributed by atoms with Gasteiger partial charge in [0.15, 0.2) is 0 Å². The highest BCUT2D eigenvalue weighted by Crippen LogP contribution is 2.18. The Labute approximate surface area is 164 Å². The van der Waals surface area contributed by atoms with Crippen molar-refractivity contribution in [3.63, 3.8) is 0 Å². The van der Waals surface area contributed by atoms with Gasteiger partial charge in [0.05, 0.1) is 16.3 Å². The fourth-order valence-corrected chi connectivity index (χ4v) is 3.33. The molecule has 0 fully saturated rings. The first-order valence-electron chi connectivity index (χ1n) is 8.64. The van der Waals surface area contributed by atoms with E-state index in [0.29, 0.717) is 11.4 Å². The first-order chi connectivity index (χ1) is 13.4. The zero-order valence-corrected chi connectivity index (χ0v) is 16.4. The zero-order valence-electron chi connectivity index (χ0n) is 15.6. The Kier molecular flexibility index (Phi) is 5.96. The highest BCUT2D eigenvalue weighted by Gasteiger charge is 2.23. The van der Waals surface area contributed by atoms with Gasteiger partial charge in [-0.1, -0.05) is 53.6 Å². The van der Waals surface area contributed by atoms with Crippen molar-refractivity contribution >= 4 is 26.4 Å². The maximum atomic E-state index is 13.0. The number of rotatable bonds is 4. The first-order valence-corrected chi connectivity index (χ1v) is 10.1. The summed E-state index contributed by atoms with van der Waals surface area (Å²) in [5.74, 6) is 0. The summed E-state index contributed by atoms with van der Waals surface area (Å²) in [6.45, 7) is 3.92. The third-order valence-corrected chi connectivity index (χ3v) is 5.46. The van der Waals surface area contributed by atoms with E-state index in [1.54, 1.807) is 30.3 Å². The SMILES string of the molecule is Cc1ccc(N=N/C(=N/Nc2ccc(C)cc2)S(=O)(=O)c2ccccc2)cc1. The Balaban J connectivity index is 1.96. The molecule has 0 unspecified atom stereocenters. The summed E-state index contributed by atoms with van der Waals surface area (Å²) in [7, 11) is -3.93. The largest absolute Gasteiger partial charge is 0.289 e. The molecule has 0 aromatic heterocycles. The molecule has 0 bridgehead atoms. The molecule has 0 heterocycles. The number of hydrazone groups is 1. The quantitative estimate of drug-likeness (QED) is 0.285. The summed E-state index contributed by atoms with van der Waals surface area (Å²) < 4.78 is 25.9. The fourth-order valence-electron chi connectivity index (χ4n) is 2.29. The lowest BCUT2D eigenvalue weighted by molar-refractivity contribution is 0.606. The van der Waals surface area contributed by atoms with E-state index in [4.69, 9.17) is 0 Å². The van der Waals surface area contributed by atoms with Crippen LogP contribution in [0.15, 0.2) is 99.1 Å². The van der Waals surface area contributed by atoms with Gasteiger partial charge in [-0.2, -0.15) is 0 Å². The van der Waals surface area contributed by atoms with Crippen molar-refractivity contribution in [2.75, 3.05) is 5.43 Å². The monoisotopic (exact) mass is 392 g/mol. The van der Waals surface area contributed by atoms with Gasteiger partial charge in [-0.15, -0.1) is 15.3 Å². The smallest absolute Gasteiger partial charge is 0.276 e. The lowest BCUT2D eigenvalue weighted by Crippen LogP contribution is -2.14. The number of amidine groups is 1. The Morgan fingerprint density at radius 2 is 1.36 bits per heavy atom. The molecular formula is C21H20N4O2S. The molecule has 28 heavy (non-hydrogen) atoms. The summed E-state index contributed by atoms with van der Waals surface area (Å²) >= 11 is 0. The third kappa shape index (κ3) is 4.89. The van der Waals surface area contributed by atoms with Crippen LogP contribution in [0.1, 0.15) is 11.1 Å². The number of nitrogens with zero attached hydrogens (tertiary/aromatic N) is 3. The third-order valence-electron chi connectivity index (χ3n) is 3.91. The van der Waals surface area contributed by atoms with Gasteiger partial charge in [0, 0.05) is 0 Å². The molecule has 0 aliphatic carbocycles. The number of hydrogen-bond acceptors (Lipinski definition) is 5. The average molecular weight is 392 g/mol. The lowest BCUT2D eigenvalue weighted by Gasteiger charge is -2.05. The van der Waals surface area contributed by atoms with Gasteiger partial charge in [-0.05, 0) is 50.2 Å².